The Balaban J connectivity index is 1.71. The van der Waals surface area contributed by atoms with Crippen molar-refractivity contribution in [1.29, 1.82) is 0 Å². The number of nitrogens with one attached hydrogen (secondary N) is 2. The van der Waals surface area contributed by atoms with Gasteiger partial charge >= 0.3 is 0 Å². The van der Waals surface area contributed by atoms with E-state index in [-0.39, 0.29) is 11.6 Å². The van der Waals surface area contributed by atoms with Gasteiger partial charge in [0.2, 0.25) is 0 Å². The van der Waals surface area contributed by atoms with Gasteiger partial charge in [-0.25, -0.2) is 8.78 Å². The van der Waals surface area contributed by atoms with E-state index in [0.717, 1.165) is 30.5 Å². The largest absolute Gasteiger partial charge is 0.356 e. The van der Waals surface area contributed by atoms with Crippen molar-refractivity contribution in [2.24, 2.45) is 4.99 Å². The average molecular weight is 317 g/mol. The Morgan fingerprint density at radius 2 is 1.61 bits per heavy atom. The van der Waals surface area contributed by atoms with Crippen molar-refractivity contribution < 1.29 is 8.78 Å². The molecule has 0 aliphatic rings. The summed E-state index contributed by atoms with van der Waals surface area (Å²) in [5, 5.41) is 6.32. The highest BCUT2D eigenvalue weighted by molar-refractivity contribution is 5.79. The molecule has 122 valence electrons. The zero-order valence-electron chi connectivity index (χ0n) is 13.2. The molecule has 0 fully saturated rings. The van der Waals surface area contributed by atoms with Crippen LogP contribution in [0.15, 0.2) is 53.5 Å². The van der Waals surface area contributed by atoms with Crippen LogP contribution >= 0.6 is 0 Å². The van der Waals surface area contributed by atoms with Crippen molar-refractivity contribution in [3.63, 3.8) is 0 Å². The number of benzene rings is 2. The second-order valence-electron chi connectivity index (χ2n) is 5.22. The summed E-state index contributed by atoms with van der Waals surface area (Å²) in [6.07, 6.45) is 1.66. The molecule has 0 saturated heterocycles. The Morgan fingerprint density at radius 1 is 0.957 bits per heavy atom. The van der Waals surface area contributed by atoms with E-state index in [4.69, 9.17) is 0 Å². The fraction of sp³-hybridized carbons (Fsp3) is 0.278. The number of halogens is 2. The topological polar surface area (TPSA) is 36.4 Å². The normalized spacial score (nSPS) is 11.3. The molecule has 0 spiro atoms. The molecule has 0 atom stereocenters. The number of nitrogens with zero attached hydrogens (tertiary/aromatic N) is 1. The molecule has 0 aromatic heterocycles. The number of aryl methyl sites for hydroxylation is 1. The number of guanidine groups is 1. The van der Waals surface area contributed by atoms with Crippen LogP contribution in [0, 0.1) is 11.6 Å². The van der Waals surface area contributed by atoms with Gasteiger partial charge < -0.3 is 10.6 Å². The molecule has 0 radical (unpaired) electrons. The quantitative estimate of drug-likeness (QED) is 0.487. The molecule has 2 aromatic carbocycles. The Labute approximate surface area is 135 Å². The van der Waals surface area contributed by atoms with E-state index in [1.54, 1.807) is 25.2 Å². The Hall–Kier alpha value is -2.43. The fourth-order valence-electron chi connectivity index (χ4n) is 2.25. The first kappa shape index (κ1) is 16.9. The molecule has 5 heteroatoms. The van der Waals surface area contributed by atoms with E-state index >= 15 is 0 Å². The van der Waals surface area contributed by atoms with Crippen molar-refractivity contribution in [2.45, 2.75) is 19.4 Å². The van der Waals surface area contributed by atoms with Crippen LogP contribution in [0.25, 0.3) is 0 Å². The molecule has 2 rings (SSSR count). The first-order chi connectivity index (χ1) is 11.2. The molecule has 0 bridgehead atoms. The van der Waals surface area contributed by atoms with Crippen LogP contribution in [0.2, 0.25) is 0 Å². The van der Waals surface area contributed by atoms with Crippen LogP contribution in [0.4, 0.5) is 8.78 Å². The molecule has 0 unspecified atom stereocenters. The summed E-state index contributed by atoms with van der Waals surface area (Å²) in [4.78, 5) is 4.12. The Morgan fingerprint density at radius 3 is 2.26 bits per heavy atom. The number of rotatable bonds is 6. The second kappa shape index (κ2) is 8.88. The molecule has 0 aliphatic carbocycles. The van der Waals surface area contributed by atoms with Gasteiger partial charge in [0, 0.05) is 20.1 Å². The third-order valence-electron chi connectivity index (χ3n) is 3.40. The minimum atomic E-state index is -0.248. The van der Waals surface area contributed by atoms with E-state index < -0.39 is 0 Å². The highest BCUT2D eigenvalue weighted by Crippen LogP contribution is 2.05. The maximum Gasteiger partial charge on any atom is 0.191 e. The fourth-order valence-corrected chi connectivity index (χ4v) is 2.25. The summed E-state index contributed by atoms with van der Waals surface area (Å²) in [6, 6.07) is 13.1. The standard InChI is InChI=1S/C18H21F2N3/c1-21-18(23-13-15-6-3-9-17(20)12-15)22-10-4-7-14-5-2-8-16(19)11-14/h2-3,5-6,8-9,11-12H,4,7,10,13H2,1H3,(H2,21,22,23). The molecule has 2 N–H and O–H groups in total. The molecule has 2 aromatic rings. The third kappa shape index (κ3) is 6.06. The Kier molecular flexibility index (Phi) is 6.54. The monoisotopic (exact) mass is 317 g/mol. The van der Waals surface area contributed by atoms with Crippen molar-refractivity contribution in [2.75, 3.05) is 13.6 Å². The molecule has 0 amide bonds. The molecular weight excluding hydrogens is 296 g/mol. The number of aliphatic imine (C=N–C) groups is 1. The van der Waals surface area contributed by atoms with E-state index in [0.29, 0.717) is 12.5 Å². The lowest BCUT2D eigenvalue weighted by Crippen LogP contribution is -2.37. The van der Waals surface area contributed by atoms with Crippen LogP contribution in [-0.4, -0.2) is 19.6 Å². The summed E-state index contributed by atoms with van der Waals surface area (Å²) >= 11 is 0. The van der Waals surface area contributed by atoms with Crippen LogP contribution in [0.3, 0.4) is 0 Å². The molecule has 23 heavy (non-hydrogen) atoms. The van der Waals surface area contributed by atoms with E-state index in [1.165, 1.54) is 18.2 Å². The average Bonchev–Trinajstić information content (AvgIpc) is 2.54. The lowest BCUT2D eigenvalue weighted by atomic mass is 10.1. The molecule has 0 heterocycles. The number of hydrogen-bond donors (Lipinski definition) is 2. The maximum atomic E-state index is 13.1. The first-order valence-electron chi connectivity index (χ1n) is 7.61. The zero-order chi connectivity index (χ0) is 16.5. The summed E-state index contributed by atoms with van der Waals surface area (Å²) in [5.74, 6) is 0.207. The van der Waals surface area contributed by atoms with Gasteiger partial charge in [0.15, 0.2) is 5.96 Å². The van der Waals surface area contributed by atoms with Crippen molar-refractivity contribution >= 4 is 5.96 Å². The van der Waals surface area contributed by atoms with E-state index in [9.17, 15) is 8.78 Å². The van der Waals surface area contributed by atoms with Gasteiger partial charge in [0.25, 0.3) is 0 Å². The van der Waals surface area contributed by atoms with Crippen LogP contribution in [0.1, 0.15) is 17.5 Å². The van der Waals surface area contributed by atoms with E-state index in [1.807, 2.05) is 12.1 Å². The van der Waals surface area contributed by atoms with Crippen LogP contribution in [-0.2, 0) is 13.0 Å². The summed E-state index contributed by atoms with van der Waals surface area (Å²) in [7, 11) is 1.69. The molecular formula is C18H21F2N3. The highest BCUT2D eigenvalue weighted by atomic mass is 19.1. The third-order valence-corrected chi connectivity index (χ3v) is 3.40. The van der Waals surface area contributed by atoms with Gasteiger partial charge in [-0.15, -0.1) is 0 Å². The number of hydrogen-bond acceptors (Lipinski definition) is 1. The minimum Gasteiger partial charge on any atom is -0.356 e. The van der Waals surface area contributed by atoms with Gasteiger partial charge in [-0.05, 0) is 48.2 Å². The molecule has 0 saturated carbocycles. The van der Waals surface area contributed by atoms with Crippen molar-refractivity contribution in [3.8, 4) is 0 Å². The maximum absolute atomic E-state index is 13.1. The van der Waals surface area contributed by atoms with E-state index in [2.05, 4.69) is 15.6 Å². The van der Waals surface area contributed by atoms with Gasteiger partial charge in [-0.1, -0.05) is 24.3 Å². The molecule has 0 aliphatic heterocycles. The van der Waals surface area contributed by atoms with Crippen LogP contribution in [0.5, 0.6) is 0 Å². The van der Waals surface area contributed by atoms with Crippen molar-refractivity contribution in [1.82, 2.24) is 10.6 Å². The summed E-state index contributed by atoms with van der Waals surface area (Å²) in [5.41, 5.74) is 1.84. The van der Waals surface area contributed by atoms with Gasteiger partial charge in [0.05, 0.1) is 0 Å². The molecule has 3 nitrogen and oxygen atoms in total. The Bertz CT molecular complexity index is 656. The van der Waals surface area contributed by atoms with Crippen LogP contribution < -0.4 is 10.6 Å². The lowest BCUT2D eigenvalue weighted by molar-refractivity contribution is 0.624. The second-order valence-corrected chi connectivity index (χ2v) is 5.22. The van der Waals surface area contributed by atoms with Gasteiger partial charge in [-0.2, -0.15) is 0 Å². The van der Waals surface area contributed by atoms with Gasteiger partial charge in [-0.3, -0.25) is 4.99 Å². The predicted molar refractivity (Wildman–Crippen MR) is 89.3 cm³/mol. The lowest BCUT2D eigenvalue weighted by Gasteiger charge is -2.12. The smallest absolute Gasteiger partial charge is 0.191 e. The minimum absolute atomic E-state index is 0.206. The SMILES string of the molecule is CN=C(NCCCc1cccc(F)c1)NCc1cccc(F)c1. The summed E-state index contributed by atoms with van der Waals surface area (Å²) < 4.78 is 26.2. The predicted octanol–water partition coefficient (Wildman–Crippen LogP) is 3.26. The van der Waals surface area contributed by atoms with Crippen molar-refractivity contribution in [3.05, 3.63) is 71.3 Å². The van der Waals surface area contributed by atoms with Gasteiger partial charge in [0.1, 0.15) is 11.6 Å². The zero-order valence-corrected chi connectivity index (χ0v) is 13.2. The first-order valence-corrected chi connectivity index (χ1v) is 7.61. The summed E-state index contributed by atoms with van der Waals surface area (Å²) in [6.45, 7) is 1.22. The highest BCUT2D eigenvalue weighted by Gasteiger charge is 2.00.